The SMILES string of the molecule is COc1cc(COCC(O)Cn2c(COc3c(C)cc(C)cc3C)nc3ccccc32)cc(OC)c1OC. The van der Waals surface area contributed by atoms with E-state index in [1.165, 1.54) is 5.56 Å². The number of aliphatic hydroxyl groups excluding tert-OH is 1. The topological polar surface area (TPSA) is 84.2 Å². The largest absolute Gasteiger partial charge is 0.493 e. The van der Waals surface area contributed by atoms with Crippen molar-refractivity contribution in [3.8, 4) is 23.0 Å². The molecule has 8 nitrogen and oxygen atoms in total. The minimum Gasteiger partial charge on any atom is -0.493 e. The number of benzene rings is 3. The molecule has 0 bridgehead atoms. The Labute approximate surface area is 223 Å². The van der Waals surface area contributed by atoms with Gasteiger partial charge in [0.05, 0.1) is 58.2 Å². The summed E-state index contributed by atoms with van der Waals surface area (Å²) in [7, 11) is 4.71. The summed E-state index contributed by atoms with van der Waals surface area (Å²) in [5.41, 5.74) is 6.02. The number of hydrogen-bond donors (Lipinski definition) is 1. The highest BCUT2D eigenvalue weighted by Crippen LogP contribution is 2.38. The number of para-hydroxylation sites is 2. The number of nitrogens with zero attached hydrogens (tertiary/aromatic N) is 2. The van der Waals surface area contributed by atoms with Crippen molar-refractivity contribution < 1.29 is 28.8 Å². The molecule has 0 aliphatic carbocycles. The Morgan fingerprint density at radius 2 is 1.50 bits per heavy atom. The third kappa shape index (κ3) is 6.03. The van der Waals surface area contributed by atoms with Crippen LogP contribution in [0.1, 0.15) is 28.1 Å². The van der Waals surface area contributed by atoms with E-state index < -0.39 is 6.10 Å². The van der Waals surface area contributed by atoms with E-state index in [9.17, 15) is 5.11 Å². The summed E-state index contributed by atoms with van der Waals surface area (Å²) in [6, 6.07) is 15.8. The molecule has 0 amide bonds. The molecule has 4 rings (SSSR count). The van der Waals surface area contributed by atoms with Crippen LogP contribution in [0.5, 0.6) is 23.0 Å². The maximum Gasteiger partial charge on any atom is 0.203 e. The van der Waals surface area contributed by atoms with E-state index in [0.29, 0.717) is 30.4 Å². The van der Waals surface area contributed by atoms with E-state index in [1.807, 2.05) is 54.8 Å². The number of aryl methyl sites for hydroxylation is 3. The number of hydrogen-bond acceptors (Lipinski definition) is 7. The van der Waals surface area contributed by atoms with Crippen LogP contribution >= 0.6 is 0 Å². The van der Waals surface area contributed by atoms with Gasteiger partial charge < -0.3 is 33.4 Å². The molecule has 0 saturated heterocycles. The summed E-state index contributed by atoms with van der Waals surface area (Å²) in [4.78, 5) is 4.79. The number of rotatable bonds is 12. The van der Waals surface area contributed by atoms with Gasteiger partial charge in [0.1, 0.15) is 18.2 Å². The molecule has 38 heavy (non-hydrogen) atoms. The fourth-order valence-corrected chi connectivity index (χ4v) is 4.77. The van der Waals surface area contributed by atoms with Gasteiger partial charge in [-0.05, 0) is 61.7 Å². The molecule has 0 spiro atoms. The molecule has 0 aliphatic heterocycles. The van der Waals surface area contributed by atoms with Crippen LogP contribution in [0.4, 0.5) is 0 Å². The van der Waals surface area contributed by atoms with Crippen molar-refractivity contribution >= 4 is 11.0 Å². The van der Waals surface area contributed by atoms with Crippen LogP contribution < -0.4 is 18.9 Å². The third-order valence-electron chi connectivity index (χ3n) is 6.38. The van der Waals surface area contributed by atoms with Crippen LogP contribution in [-0.4, -0.2) is 48.7 Å². The van der Waals surface area contributed by atoms with Gasteiger partial charge in [0.2, 0.25) is 5.75 Å². The first-order valence-corrected chi connectivity index (χ1v) is 12.5. The minimum absolute atomic E-state index is 0.139. The molecule has 0 fully saturated rings. The zero-order valence-corrected chi connectivity index (χ0v) is 22.9. The van der Waals surface area contributed by atoms with Crippen molar-refractivity contribution in [1.29, 1.82) is 0 Å². The number of fused-ring (bicyclic) bond motifs is 1. The fourth-order valence-electron chi connectivity index (χ4n) is 4.77. The van der Waals surface area contributed by atoms with Crippen molar-refractivity contribution in [2.75, 3.05) is 27.9 Å². The van der Waals surface area contributed by atoms with Crippen molar-refractivity contribution in [3.63, 3.8) is 0 Å². The first kappa shape index (κ1) is 27.3. The van der Waals surface area contributed by atoms with E-state index in [-0.39, 0.29) is 13.2 Å². The standard InChI is InChI=1S/C30H36N2O6/c1-19-11-20(2)29(21(3)12-19)38-18-28-31-24-9-7-8-10-25(24)32(28)15-23(33)17-37-16-22-13-26(34-4)30(36-6)27(14-22)35-5/h7-14,23,33H,15-18H2,1-6H3. The van der Waals surface area contributed by atoms with Crippen molar-refractivity contribution in [1.82, 2.24) is 9.55 Å². The smallest absolute Gasteiger partial charge is 0.203 e. The summed E-state index contributed by atoms with van der Waals surface area (Å²) in [6.07, 6.45) is -0.753. The number of imidazole rings is 1. The Kier molecular flexibility index (Phi) is 8.76. The van der Waals surface area contributed by atoms with Gasteiger partial charge in [-0.1, -0.05) is 29.8 Å². The van der Waals surface area contributed by atoms with Gasteiger partial charge in [-0.2, -0.15) is 0 Å². The Hall–Kier alpha value is -3.75. The lowest BCUT2D eigenvalue weighted by Gasteiger charge is -2.17. The maximum absolute atomic E-state index is 10.9. The van der Waals surface area contributed by atoms with Gasteiger partial charge >= 0.3 is 0 Å². The molecular formula is C30H36N2O6. The number of aromatic nitrogens is 2. The van der Waals surface area contributed by atoms with Crippen molar-refractivity contribution in [3.05, 3.63) is 76.6 Å². The summed E-state index contributed by atoms with van der Waals surface area (Å²) < 4.78 is 30.3. The Morgan fingerprint density at radius 1 is 0.842 bits per heavy atom. The normalized spacial score (nSPS) is 12.0. The van der Waals surface area contributed by atoms with Crippen LogP contribution in [-0.2, 0) is 24.5 Å². The molecule has 1 atom stereocenters. The monoisotopic (exact) mass is 520 g/mol. The molecular weight excluding hydrogens is 484 g/mol. The Balaban J connectivity index is 1.45. The fraction of sp³-hybridized carbons (Fsp3) is 0.367. The lowest BCUT2D eigenvalue weighted by molar-refractivity contribution is 0.0201. The summed E-state index contributed by atoms with van der Waals surface area (Å²) in [6.45, 7) is 7.20. The quantitative estimate of drug-likeness (QED) is 0.277. The van der Waals surface area contributed by atoms with Gasteiger partial charge in [0.25, 0.3) is 0 Å². The van der Waals surface area contributed by atoms with Gasteiger partial charge in [0.15, 0.2) is 11.5 Å². The predicted octanol–water partition coefficient (Wildman–Crippen LogP) is 5.14. The number of aliphatic hydroxyl groups is 1. The van der Waals surface area contributed by atoms with Crippen molar-refractivity contribution in [2.24, 2.45) is 0 Å². The van der Waals surface area contributed by atoms with Crippen LogP contribution in [0.25, 0.3) is 11.0 Å². The van der Waals surface area contributed by atoms with Crippen LogP contribution in [0, 0.1) is 20.8 Å². The Bertz CT molecular complexity index is 1350. The Morgan fingerprint density at radius 3 is 2.13 bits per heavy atom. The molecule has 202 valence electrons. The molecule has 8 heteroatoms. The average molecular weight is 521 g/mol. The second-order valence-corrected chi connectivity index (χ2v) is 9.35. The van der Waals surface area contributed by atoms with Crippen molar-refractivity contribution in [2.45, 2.75) is 46.6 Å². The lowest BCUT2D eigenvalue weighted by atomic mass is 10.1. The number of ether oxygens (including phenoxy) is 5. The summed E-state index contributed by atoms with van der Waals surface area (Å²) in [5.74, 6) is 3.24. The molecule has 1 N–H and O–H groups in total. The molecule has 1 aromatic heterocycles. The highest BCUT2D eigenvalue weighted by Gasteiger charge is 2.17. The molecule has 0 aliphatic rings. The highest BCUT2D eigenvalue weighted by molar-refractivity contribution is 5.75. The van der Waals surface area contributed by atoms with E-state index in [2.05, 4.69) is 19.1 Å². The molecule has 0 saturated carbocycles. The molecule has 1 heterocycles. The summed E-state index contributed by atoms with van der Waals surface area (Å²) >= 11 is 0. The molecule has 3 aromatic carbocycles. The van der Waals surface area contributed by atoms with E-state index >= 15 is 0 Å². The van der Waals surface area contributed by atoms with Crippen LogP contribution in [0.15, 0.2) is 48.5 Å². The van der Waals surface area contributed by atoms with Crippen LogP contribution in [0.3, 0.4) is 0 Å². The third-order valence-corrected chi connectivity index (χ3v) is 6.38. The average Bonchev–Trinajstić information content (AvgIpc) is 3.24. The highest BCUT2D eigenvalue weighted by atomic mass is 16.5. The molecule has 4 aromatic rings. The predicted molar refractivity (Wildman–Crippen MR) is 146 cm³/mol. The maximum atomic E-state index is 10.9. The molecule has 0 radical (unpaired) electrons. The second kappa shape index (κ2) is 12.2. The van der Waals surface area contributed by atoms with Gasteiger partial charge in [0, 0.05) is 0 Å². The minimum atomic E-state index is -0.753. The lowest BCUT2D eigenvalue weighted by Crippen LogP contribution is -2.23. The zero-order valence-electron chi connectivity index (χ0n) is 22.9. The van der Waals surface area contributed by atoms with Gasteiger partial charge in [-0.25, -0.2) is 4.98 Å². The van der Waals surface area contributed by atoms with E-state index in [0.717, 1.165) is 39.3 Å². The van der Waals surface area contributed by atoms with Crippen LogP contribution in [0.2, 0.25) is 0 Å². The molecule has 1 unspecified atom stereocenters. The second-order valence-electron chi connectivity index (χ2n) is 9.35. The van der Waals surface area contributed by atoms with Gasteiger partial charge in [-0.15, -0.1) is 0 Å². The zero-order chi connectivity index (χ0) is 27.2. The summed E-state index contributed by atoms with van der Waals surface area (Å²) in [5, 5.41) is 10.9. The first-order chi connectivity index (χ1) is 18.3. The van der Waals surface area contributed by atoms with E-state index in [4.69, 9.17) is 28.7 Å². The van der Waals surface area contributed by atoms with Gasteiger partial charge in [-0.3, -0.25) is 0 Å². The van der Waals surface area contributed by atoms with E-state index in [1.54, 1.807) is 21.3 Å². The number of methoxy groups -OCH3 is 3. The first-order valence-electron chi connectivity index (χ1n) is 12.5.